The lowest BCUT2D eigenvalue weighted by atomic mass is 9.83. The van der Waals surface area contributed by atoms with Crippen LogP contribution in [-0.4, -0.2) is 34.5 Å². The van der Waals surface area contributed by atoms with Gasteiger partial charge in [0, 0.05) is 24.5 Å². The molecular weight excluding hydrogens is 530 g/mol. The number of aromatic amines is 4. The number of aromatic nitrogens is 4. The molecular formula is C29H28BrN5O2. The molecule has 0 saturated heterocycles. The Labute approximate surface area is 222 Å². The van der Waals surface area contributed by atoms with Crippen LogP contribution >= 0.6 is 15.9 Å². The highest BCUT2D eigenvalue weighted by Gasteiger charge is 2.31. The van der Waals surface area contributed by atoms with Gasteiger partial charge < -0.3 is 4.90 Å². The SMILES string of the molecule is Cc1ccc(-c2[nH][nH]c(=O)c2C(c2ccc(N(C)C)c(Br)c2)c2c(-c3ccc(C)cc3)[nH][nH]c2=O)cc1. The van der Waals surface area contributed by atoms with E-state index in [9.17, 15) is 9.59 Å². The molecule has 3 aromatic carbocycles. The molecule has 0 bridgehead atoms. The van der Waals surface area contributed by atoms with Crippen LogP contribution in [0.4, 0.5) is 5.69 Å². The Kier molecular flexibility index (Phi) is 6.52. The van der Waals surface area contributed by atoms with Crippen molar-refractivity contribution >= 4 is 21.6 Å². The van der Waals surface area contributed by atoms with Gasteiger partial charge in [-0.1, -0.05) is 65.7 Å². The van der Waals surface area contributed by atoms with E-state index in [2.05, 4.69) is 36.3 Å². The molecule has 0 aliphatic carbocycles. The maximum Gasteiger partial charge on any atom is 0.268 e. The summed E-state index contributed by atoms with van der Waals surface area (Å²) in [5, 5.41) is 11.7. The number of nitrogens with zero attached hydrogens (tertiary/aromatic N) is 1. The molecule has 5 aromatic rings. The fraction of sp³-hybridized carbons (Fsp3) is 0.172. The van der Waals surface area contributed by atoms with Gasteiger partial charge in [-0.15, -0.1) is 0 Å². The minimum absolute atomic E-state index is 0.274. The van der Waals surface area contributed by atoms with Crippen LogP contribution in [0, 0.1) is 13.8 Å². The monoisotopic (exact) mass is 557 g/mol. The Morgan fingerprint density at radius 1 is 0.676 bits per heavy atom. The fourth-order valence-electron chi connectivity index (χ4n) is 4.72. The summed E-state index contributed by atoms with van der Waals surface area (Å²) in [4.78, 5) is 28.9. The summed E-state index contributed by atoms with van der Waals surface area (Å²) >= 11 is 3.69. The summed E-state index contributed by atoms with van der Waals surface area (Å²) in [7, 11) is 3.94. The summed E-state index contributed by atoms with van der Waals surface area (Å²) in [6.45, 7) is 4.04. The largest absolute Gasteiger partial charge is 0.377 e. The molecule has 37 heavy (non-hydrogen) atoms. The Morgan fingerprint density at radius 3 is 1.54 bits per heavy atom. The predicted octanol–water partition coefficient (Wildman–Crippen LogP) is 5.68. The summed E-state index contributed by atoms with van der Waals surface area (Å²) < 4.78 is 0.868. The number of halogens is 1. The van der Waals surface area contributed by atoms with Crippen molar-refractivity contribution in [1.82, 2.24) is 20.4 Å². The van der Waals surface area contributed by atoms with Crippen LogP contribution in [0.1, 0.15) is 33.7 Å². The van der Waals surface area contributed by atoms with Crippen LogP contribution < -0.4 is 16.0 Å². The van der Waals surface area contributed by atoms with Crippen molar-refractivity contribution in [3.63, 3.8) is 0 Å². The lowest BCUT2D eigenvalue weighted by Gasteiger charge is -2.21. The zero-order chi connectivity index (χ0) is 26.3. The van der Waals surface area contributed by atoms with E-state index in [0.717, 1.165) is 38.0 Å². The van der Waals surface area contributed by atoms with Gasteiger partial charge in [0.2, 0.25) is 0 Å². The first kappa shape index (κ1) is 24.6. The number of rotatable bonds is 6. The molecule has 0 atom stereocenters. The van der Waals surface area contributed by atoms with E-state index >= 15 is 0 Å². The summed E-state index contributed by atoms with van der Waals surface area (Å²) in [5.74, 6) is -0.648. The van der Waals surface area contributed by atoms with E-state index in [4.69, 9.17) is 0 Å². The maximum absolute atomic E-state index is 13.4. The smallest absolute Gasteiger partial charge is 0.268 e. The summed E-state index contributed by atoms with van der Waals surface area (Å²) in [6, 6.07) is 21.9. The zero-order valence-corrected chi connectivity index (χ0v) is 22.7. The highest BCUT2D eigenvalue weighted by atomic mass is 79.9. The Hall–Kier alpha value is -4.04. The van der Waals surface area contributed by atoms with Crippen LogP contribution in [0.2, 0.25) is 0 Å². The van der Waals surface area contributed by atoms with E-state index < -0.39 is 5.92 Å². The van der Waals surface area contributed by atoms with Crippen molar-refractivity contribution in [2.24, 2.45) is 0 Å². The quantitative estimate of drug-likeness (QED) is 0.216. The number of aryl methyl sites for hydroxylation is 2. The molecule has 2 aromatic heterocycles. The van der Waals surface area contributed by atoms with Crippen LogP contribution in [0.25, 0.3) is 22.5 Å². The molecule has 0 aliphatic heterocycles. The first-order chi connectivity index (χ1) is 17.7. The molecule has 0 saturated carbocycles. The molecule has 0 radical (unpaired) electrons. The van der Waals surface area contributed by atoms with Crippen molar-refractivity contribution < 1.29 is 0 Å². The van der Waals surface area contributed by atoms with E-state index in [-0.39, 0.29) is 11.1 Å². The van der Waals surface area contributed by atoms with Gasteiger partial charge in [0.25, 0.3) is 11.1 Å². The molecule has 0 aliphatic rings. The molecule has 0 amide bonds. The molecule has 5 rings (SSSR count). The summed E-state index contributed by atoms with van der Waals surface area (Å²) in [5.41, 5.74) is 7.47. The molecule has 188 valence electrons. The predicted molar refractivity (Wildman–Crippen MR) is 153 cm³/mol. The lowest BCUT2D eigenvalue weighted by Crippen LogP contribution is -2.20. The van der Waals surface area contributed by atoms with E-state index in [1.165, 1.54) is 0 Å². The first-order valence-corrected chi connectivity index (χ1v) is 12.8. The second kappa shape index (κ2) is 9.78. The number of H-pyrrole nitrogens is 4. The van der Waals surface area contributed by atoms with Gasteiger partial charge in [-0.2, -0.15) is 0 Å². The van der Waals surface area contributed by atoms with Gasteiger partial charge in [-0.3, -0.25) is 30.0 Å². The highest BCUT2D eigenvalue weighted by Crippen LogP contribution is 2.39. The first-order valence-electron chi connectivity index (χ1n) is 12.0. The standard InChI is InChI=1S/C29H28BrN5O2/c1-16-5-9-18(10-6-16)26-24(28(36)33-31-26)23(20-13-14-22(35(3)4)21(30)15-20)25-27(32-34-29(25)37)19-11-7-17(2)8-12-19/h5-15,23H,1-4H3,(H2,31,33,36)(H2,32,34,37). The van der Waals surface area contributed by atoms with Crippen LogP contribution in [0.5, 0.6) is 0 Å². The number of hydrogen-bond donors (Lipinski definition) is 4. The van der Waals surface area contributed by atoms with Gasteiger partial charge >= 0.3 is 0 Å². The normalized spacial score (nSPS) is 11.3. The number of anilines is 1. The molecule has 0 fully saturated rings. The zero-order valence-electron chi connectivity index (χ0n) is 21.1. The molecule has 8 heteroatoms. The maximum atomic E-state index is 13.4. The average molecular weight is 558 g/mol. The van der Waals surface area contributed by atoms with Crippen LogP contribution in [0.15, 0.2) is 80.8 Å². The molecule has 0 unspecified atom stereocenters. The Bertz CT molecular complexity index is 1570. The second-order valence-electron chi connectivity index (χ2n) is 9.51. The highest BCUT2D eigenvalue weighted by molar-refractivity contribution is 9.10. The number of nitrogens with one attached hydrogen (secondary N) is 4. The van der Waals surface area contributed by atoms with Crippen molar-refractivity contribution in [3.05, 3.63) is 120 Å². The molecule has 4 N–H and O–H groups in total. The number of hydrogen-bond acceptors (Lipinski definition) is 3. The van der Waals surface area contributed by atoms with Crippen molar-refractivity contribution in [2.75, 3.05) is 19.0 Å². The van der Waals surface area contributed by atoms with Crippen LogP contribution in [-0.2, 0) is 0 Å². The van der Waals surface area contributed by atoms with Gasteiger partial charge in [0.1, 0.15) is 0 Å². The third-order valence-electron chi connectivity index (χ3n) is 6.67. The molecule has 7 nitrogen and oxygen atoms in total. The Morgan fingerprint density at radius 2 is 1.14 bits per heavy atom. The van der Waals surface area contributed by atoms with E-state index in [1.54, 1.807) is 0 Å². The van der Waals surface area contributed by atoms with Crippen molar-refractivity contribution in [1.29, 1.82) is 0 Å². The second-order valence-corrected chi connectivity index (χ2v) is 10.4. The van der Waals surface area contributed by atoms with Crippen molar-refractivity contribution in [2.45, 2.75) is 19.8 Å². The molecule has 0 spiro atoms. The average Bonchev–Trinajstić information content (AvgIpc) is 3.43. The topological polar surface area (TPSA) is 101 Å². The lowest BCUT2D eigenvalue weighted by molar-refractivity contribution is 0.951. The third kappa shape index (κ3) is 4.60. The fourth-order valence-corrected chi connectivity index (χ4v) is 5.48. The Balaban J connectivity index is 1.80. The van der Waals surface area contributed by atoms with Gasteiger partial charge in [0.05, 0.1) is 28.2 Å². The van der Waals surface area contributed by atoms with E-state index in [0.29, 0.717) is 22.5 Å². The van der Waals surface area contributed by atoms with Crippen molar-refractivity contribution in [3.8, 4) is 22.5 Å². The minimum atomic E-state index is -0.648. The van der Waals surface area contributed by atoms with Gasteiger partial charge in [0.15, 0.2) is 0 Å². The third-order valence-corrected chi connectivity index (χ3v) is 7.31. The summed E-state index contributed by atoms with van der Waals surface area (Å²) in [6.07, 6.45) is 0. The number of benzene rings is 3. The van der Waals surface area contributed by atoms with Gasteiger partial charge in [-0.05, 0) is 58.6 Å². The van der Waals surface area contributed by atoms with Gasteiger partial charge in [-0.25, -0.2) is 0 Å². The minimum Gasteiger partial charge on any atom is -0.377 e. The van der Waals surface area contributed by atoms with Crippen LogP contribution in [0.3, 0.4) is 0 Å². The molecule has 2 heterocycles. The van der Waals surface area contributed by atoms with E-state index in [1.807, 2.05) is 99.6 Å².